The third kappa shape index (κ3) is 5.09. The fourth-order valence-corrected chi connectivity index (χ4v) is 4.46. The highest BCUT2D eigenvalue weighted by molar-refractivity contribution is 5.78. The molecule has 0 bridgehead atoms. The first-order chi connectivity index (χ1) is 14.2. The highest BCUT2D eigenvalue weighted by atomic mass is 16.1. The van der Waals surface area contributed by atoms with Crippen molar-refractivity contribution >= 4 is 11.7 Å². The Morgan fingerprint density at radius 3 is 2.72 bits per heavy atom. The second kappa shape index (κ2) is 9.31. The molecule has 2 aromatic heterocycles. The number of amides is 1. The summed E-state index contributed by atoms with van der Waals surface area (Å²) in [6.07, 6.45) is 7.90. The summed E-state index contributed by atoms with van der Waals surface area (Å²) in [5, 5.41) is 3.08. The molecule has 0 radical (unpaired) electrons. The normalized spacial score (nSPS) is 21.1. The van der Waals surface area contributed by atoms with Gasteiger partial charge in [-0.2, -0.15) is 0 Å². The van der Waals surface area contributed by atoms with Gasteiger partial charge in [0.2, 0.25) is 5.91 Å². The van der Waals surface area contributed by atoms with Crippen LogP contribution in [0.4, 0.5) is 5.82 Å². The average Bonchev–Trinajstić information content (AvgIpc) is 2.78. The summed E-state index contributed by atoms with van der Waals surface area (Å²) in [7, 11) is 0. The monoisotopic (exact) mass is 394 g/mol. The lowest BCUT2D eigenvalue weighted by Crippen LogP contribution is -2.51. The van der Waals surface area contributed by atoms with E-state index in [1.54, 1.807) is 6.20 Å². The molecule has 1 unspecified atom stereocenters. The molecule has 4 heterocycles. The van der Waals surface area contributed by atoms with Gasteiger partial charge in [0.1, 0.15) is 11.6 Å². The minimum absolute atomic E-state index is 0.0787. The Kier molecular flexibility index (Phi) is 6.34. The van der Waals surface area contributed by atoms with Crippen molar-refractivity contribution in [1.82, 2.24) is 25.2 Å². The van der Waals surface area contributed by atoms with Crippen LogP contribution in [0.1, 0.15) is 37.2 Å². The Morgan fingerprint density at radius 1 is 1.10 bits per heavy atom. The molecule has 1 N–H and O–H groups in total. The van der Waals surface area contributed by atoms with E-state index < -0.39 is 0 Å². The molecule has 29 heavy (non-hydrogen) atoms. The van der Waals surface area contributed by atoms with Crippen LogP contribution in [0.2, 0.25) is 0 Å². The number of nitrogens with zero attached hydrogens (tertiary/aromatic N) is 5. The van der Waals surface area contributed by atoms with Crippen molar-refractivity contribution in [3.8, 4) is 0 Å². The summed E-state index contributed by atoms with van der Waals surface area (Å²) in [6, 6.07) is 8.34. The van der Waals surface area contributed by atoms with Gasteiger partial charge in [0.15, 0.2) is 0 Å². The molecule has 154 valence electrons. The Balaban J connectivity index is 1.27. The summed E-state index contributed by atoms with van der Waals surface area (Å²) < 4.78 is 0. The SMILES string of the molecule is Cc1nccc(N2CCC(N3CCCC(C(=O)NCc4ccccn4)C3)CC2)n1. The smallest absolute Gasteiger partial charge is 0.224 e. The van der Waals surface area contributed by atoms with Gasteiger partial charge >= 0.3 is 0 Å². The van der Waals surface area contributed by atoms with Crippen LogP contribution in [0, 0.1) is 12.8 Å². The second-order valence-corrected chi connectivity index (χ2v) is 8.05. The quantitative estimate of drug-likeness (QED) is 0.838. The molecule has 2 aromatic rings. The van der Waals surface area contributed by atoms with Crippen molar-refractivity contribution < 1.29 is 4.79 Å². The van der Waals surface area contributed by atoms with Crippen molar-refractivity contribution in [2.75, 3.05) is 31.1 Å². The van der Waals surface area contributed by atoms with Gasteiger partial charge in [-0.1, -0.05) is 6.07 Å². The Labute approximate surface area is 172 Å². The lowest BCUT2D eigenvalue weighted by molar-refractivity contribution is -0.127. The number of hydrogen-bond acceptors (Lipinski definition) is 6. The molecule has 2 aliphatic rings. The van der Waals surface area contributed by atoms with E-state index in [4.69, 9.17) is 0 Å². The molecular formula is C22H30N6O. The number of carbonyl (C=O) groups excluding carboxylic acids is 1. The minimum atomic E-state index is 0.0787. The summed E-state index contributed by atoms with van der Waals surface area (Å²) in [6.45, 7) is 6.42. The Bertz CT molecular complexity index is 806. The average molecular weight is 395 g/mol. The van der Waals surface area contributed by atoms with Crippen molar-refractivity contribution in [2.24, 2.45) is 5.92 Å². The van der Waals surface area contributed by atoms with Gasteiger partial charge in [0.05, 0.1) is 18.2 Å². The molecule has 7 heteroatoms. The Morgan fingerprint density at radius 2 is 1.97 bits per heavy atom. The van der Waals surface area contributed by atoms with E-state index in [2.05, 4.69) is 30.1 Å². The van der Waals surface area contributed by atoms with Crippen LogP contribution in [-0.4, -0.2) is 58.0 Å². The number of rotatable bonds is 5. The summed E-state index contributed by atoms with van der Waals surface area (Å²) >= 11 is 0. The van der Waals surface area contributed by atoms with E-state index in [9.17, 15) is 4.79 Å². The number of pyridine rings is 1. The van der Waals surface area contributed by atoms with Gasteiger partial charge in [-0.15, -0.1) is 0 Å². The van der Waals surface area contributed by atoms with E-state index in [1.807, 2.05) is 37.4 Å². The van der Waals surface area contributed by atoms with Crippen LogP contribution in [0.3, 0.4) is 0 Å². The van der Waals surface area contributed by atoms with Crippen LogP contribution < -0.4 is 10.2 Å². The number of nitrogens with one attached hydrogen (secondary N) is 1. The predicted molar refractivity (Wildman–Crippen MR) is 112 cm³/mol. The first-order valence-electron chi connectivity index (χ1n) is 10.7. The van der Waals surface area contributed by atoms with E-state index in [1.165, 1.54) is 0 Å². The first-order valence-corrected chi connectivity index (χ1v) is 10.7. The van der Waals surface area contributed by atoms with E-state index >= 15 is 0 Å². The molecular weight excluding hydrogens is 364 g/mol. The second-order valence-electron chi connectivity index (χ2n) is 8.05. The molecule has 1 amide bonds. The molecule has 2 aliphatic heterocycles. The molecule has 0 aliphatic carbocycles. The number of aryl methyl sites for hydroxylation is 1. The number of likely N-dealkylation sites (tertiary alicyclic amines) is 1. The fourth-order valence-electron chi connectivity index (χ4n) is 4.46. The number of piperidine rings is 2. The van der Waals surface area contributed by atoms with Crippen LogP contribution >= 0.6 is 0 Å². The Hall–Kier alpha value is -2.54. The molecule has 1 atom stereocenters. The third-order valence-corrected chi connectivity index (χ3v) is 6.06. The zero-order chi connectivity index (χ0) is 20.1. The van der Waals surface area contributed by atoms with Crippen molar-refractivity contribution in [3.63, 3.8) is 0 Å². The van der Waals surface area contributed by atoms with Crippen LogP contribution in [-0.2, 0) is 11.3 Å². The summed E-state index contributed by atoms with van der Waals surface area (Å²) in [5.41, 5.74) is 0.904. The van der Waals surface area contributed by atoms with Crippen LogP contribution in [0.15, 0.2) is 36.7 Å². The number of carbonyl (C=O) groups is 1. The molecule has 0 spiro atoms. The lowest BCUT2D eigenvalue weighted by atomic mass is 9.93. The zero-order valence-corrected chi connectivity index (χ0v) is 17.1. The van der Waals surface area contributed by atoms with E-state index in [0.29, 0.717) is 12.6 Å². The third-order valence-electron chi connectivity index (χ3n) is 6.06. The van der Waals surface area contributed by atoms with Crippen LogP contribution in [0.5, 0.6) is 0 Å². The molecule has 2 fully saturated rings. The zero-order valence-electron chi connectivity index (χ0n) is 17.1. The van der Waals surface area contributed by atoms with E-state index in [0.717, 1.165) is 69.2 Å². The molecule has 7 nitrogen and oxygen atoms in total. The first kappa shape index (κ1) is 19.8. The molecule has 4 rings (SSSR count). The van der Waals surface area contributed by atoms with Gasteiger partial charge in [-0.25, -0.2) is 9.97 Å². The fraction of sp³-hybridized carbons (Fsp3) is 0.545. The highest BCUT2D eigenvalue weighted by Gasteiger charge is 2.31. The molecule has 0 saturated carbocycles. The maximum absolute atomic E-state index is 12.7. The maximum atomic E-state index is 12.7. The van der Waals surface area contributed by atoms with Gasteiger partial charge in [0.25, 0.3) is 0 Å². The van der Waals surface area contributed by atoms with Crippen molar-refractivity contribution in [1.29, 1.82) is 0 Å². The number of aromatic nitrogens is 3. The summed E-state index contributed by atoms with van der Waals surface area (Å²) in [5.74, 6) is 2.09. The van der Waals surface area contributed by atoms with Gasteiger partial charge in [-0.05, 0) is 57.4 Å². The minimum Gasteiger partial charge on any atom is -0.356 e. The van der Waals surface area contributed by atoms with Crippen LogP contribution in [0.25, 0.3) is 0 Å². The number of hydrogen-bond donors (Lipinski definition) is 1. The van der Waals surface area contributed by atoms with Crippen molar-refractivity contribution in [3.05, 3.63) is 48.2 Å². The van der Waals surface area contributed by atoms with Gasteiger partial charge in [0, 0.05) is 38.1 Å². The standard InChI is InChI=1S/C22H30N6O/c1-17-23-11-7-21(26-17)27-13-8-20(9-14-27)28-12-4-5-18(16-28)22(29)25-15-19-6-2-3-10-24-19/h2-3,6-7,10-11,18,20H,4-5,8-9,12-16H2,1H3,(H,25,29). The summed E-state index contributed by atoms with van der Waals surface area (Å²) in [4.78, 5) is 30.6. The van der Waals surface area contributed by atoms with E-state index in [-0.39, 0.29) is 11.8 Å². The predicted octanol–water partition coefficient (Wildman–Crippen LogP) is 2.18. The molecule has 0 aromatic carbocycles. The molecule has 2 saturated heterocycles. The lowest BCUT2D eigenvalue weighted by Gasteiger charge is -2.42. The number of anilines is 1. The largest absolute Gasteiger partial charge is 0.356 e. The highest BCUT2D eigenvalue weighted by Crippen LogP contribution is 2.25. The van der Waals surface area contributed by atoms with Crippen molar-refractivity contribution in [2.45, 2.75) is 45.2 Å². The maximum Gasteiger partial charge on any atom is 0.224 e. The van der Waals surface area contributed by atoms with Gasteiger partial charge < -0.3 is 10.2 Å². The topological polar surface area (TPSA) is 74.2 Å². The van der Waals surface area contributed by atoms with Gasteiger partial charge in [-0.3, -0.25) is 14.7 Å².